The number of carbonyl (C=O) groups excluding carboxylic acids is 1. The zero-order valence-electron chi connectivity index (χ0n) is 14.0. The van der Waals surface area contributed by atoms with Crippen molar-refractivity contribution in [2.75, 3.05) is 6.54 Å². The minimum absolute atomic E-state index is 0.0912. The Labute approximate surface area is 145 Å². The van der Waals surface area contributed by atoms with Gasteiger partial charge in [-0.05, 0) is 12.0 Å². The number of aromatic amines is 1. The van der Waals surface area contributed by atoms with Gasteiger partial charge < -0.3 is 5.32 Å². The first-order valence-corrected chi connectivity index (χ1v) is 8.24. The van der Waals surface area contributed by atoms with Gasteiger partial charge >= 0.3 is 0 Å². The van der Waals surface area contributed by atoms with E-state index in [1.54, 1.807) is 0 Å². The summed E-state index contributed by atoms with van der Waals surface area (Å²) in [6.45, 7) is 2.47. The Balaban J connectivity index is 2.27. The summed E-state index contributed by atoms with van der Waals surface area (Å²) in [5.74, 6) is -0.387. The molecular formula is C20H19N3O2. The lowest BCUT2D eigenvalue weighted by atomic mass is 9.95. The smallest absolute Gasteiger partial charge is 0.277 e. The molecule has 3 rings (SSSR count). The molecule has 2 N–H and O–H groups in total. The van der Waals surface area contributed by atoms with Gasteiger partial charge in [-0.25, -0.2) is 5.10 Å². The van der Waals surface area contributed by atoms with Gasteiger partial charge in [-0.1, -0.05) is 67.6 Å². The Morgan fingerprint density at radius 3 is 2.20 bits per heavy atom. The summed E-state index contributed by atoms with van der Waals surface area (Å²) >= 11 is 0. The Morgan fingerprint density at radius 2 is 1.60 bits per heavy atom. The van der Waals surface area contributed by atoms with Crippen molar-refractivity contribution in [1.29, 1.82) is 0 Å². The standard InChI is InChI=1S/C20H19N3O2/c1-2-13-21-19(24)17-16(14-9-5-3-6-10-14)18(22-23-20(17)25)15-11-7-4-8-12-15/h3-12H,2,13H2,1H3,(H,21,24)(H,23,25). The van der Waals surface area contributed by atoms with Crippen LogP contribution in [0.3, 0.4) is 0 Å². The molecule has 126 valence electrons. The van der Waals surface area contributed by atoms with E-state index in [9.17, 15) is 9.59 Å². The molecule has 2 aromatic carbocycles. The van der Waals surface area contributed by atoms with E-state index in [1.165, 1.54) is 0 Å². The lowest BCUT2D eigenvalue weighted by Crippen LogP contribution is -2.31. The zero-order valence-corrected chi connectivity index (χ0v) is 14.0. The van der Waals surface area contributed by atoms with Crippen molar-refractivity contribution in [2.45, 2.75) is 13.3 Å². The molecule has 0 spiro atoms. The first-order chi connectivity index (χ1) is 12.2. The molecule has 0 aliphatic heterocycles. The minimum atomic E-state index is -0.493. The van der Waals surface area contributed by atoms with E-state index >= 15 is 0 Å². The number of carbonyl (C=O) groups is 1. The highest BCUT2D eigenvalue weighted by Gasteiger charge is 2.22. The predicted molar refractivity (Wildman–Crippen MR) is 98.4 cm³/mol. The van der Waals surface area contributed by atoms with Crippen molar-refractivity contribution < 1.29 is 4.79 Å². The molecule has 1 amide bonds. The number of rotatable bonds is 5. The van der Waals surface area contributed by atoms with Crippen molar-refractivity contribution in [3.05, 3.63) is 76.6 Å². The van der Waals surface area contributed by atoms with Crippen LogP contribution >= 0.6 is 0 Å². The van der Waals surface area contributed by atoms with Gasteiger partial charge in [0.2, 0.25) is 0 Å². The van der Waals surface area contributed by atoms with Gasteiger partial charge in [-0.15, -0.1) is 0 Å². The molecule has 0 aliphatic carbocycles. The fourth-order valence-corrected chi connectivity index (χ4v) is 2.68. The van der Waals surface area contributed by atoms with Gasteiger partial charge in [0.05, 0.1) is 5.69 Å². The highest BCUT2D eigenvalue weighted by molar-refractivity contribution is 6.03. The first kappa shape index (κ1) is 16.6. The average molecular weight is 333 g/mol. The number of H-pyrrole nitrogens is 1. The van der Waals surface area contributed by atoms with Crippen molar-refractivity contribution in [2.24, 2.45) is 0 Å². The predicted octanol–water partition coefficient (Wildman–Crippen LogP) is 3.24. The Kier molecular flexibility index (Phi) is 5.04. The molecule has 0 unspecified atom stereocenters. The van der Waals surface area contributed by atoms with E-state index in [4.69, 9.17) is 0 Å². The van der Waals surface area contributed by atoms with Crippen LogP contribution in [0.15, 0.2) is 65.5 Å². The molecule has 0 saturated heterocycles. The monoisotopic (exact) mass is 333 g/mol. The molecule has 0 saturated carbocycles. The van der Waals surface area contributed by atoms with Gasteiger partial charge in [0, 0.05) is 17.7 Å². The lowest BCUT2D eigenvalue weighted by Gasteiger charge is -2.13. The number of nitrogens with zero attached hydrogens (tertiary/aromatic N) is 1. The molecule has 0 fully saturated rings. The summed E-state index contributed by atoms with van der Waals surface area (Å²) in [5.41, 5.74) is 2.33. The topological polar surface area (TPSA) is 74.8 Å². The molecule has 5 heteroatoms. The van der Waals surface area contributed by atoms with Gasteiger partial charge in [0.25, 0.3) is 11.5 Å². The lowest BCUT2D eigenvalue weighted by molar-refractivity contribution is 0.0952. The van der Waals surface area contributed by atoms with Crippen LogP contribution in [0, 0.1) is 0 Å². The second-order valence-electron chi connectivity index (χ2n) is 5.64. The molecule has 0 atom stereocenters. The Bertz CT molecular complexity index is 919. The second kappa shape index (κ2) is 7.57. The van der Waals surface area contributed by atoms with Crippen LogP contribution < -0.4 is 10.9 Å². The maximum Gasteiger partial charge on any atom is 0.277 e. The van der Waals surface area contributed by atoms with Crippen LogP contribution in [0.4, 0.5) is 0 Å². The normalized spacial score (nSPS) is 10.4. The van der Waals surface area contributed by atoms with Crippen LogP contribution in [0.25, 0.3) is 22.4 Å². The summed E-state index contributed by atoms with van der Waals surface area (Å²) in [5, 5.41) is 9.49. The Morgan fingerprint density at radius 1 is 1.00 bits per heavy atom. The van der Waals surface area contributed by atoms with Crippen molar-refractivity contribution in [3.8, 4) is 22.4 Å². The van der Waals surface area contributed by atoms with Gasteiger partial charge in [-0.2, -0.15) is 5.10 Å². The fraction of sp³-hybridized carbons (Fsp3) is 0.150. The molecule has 25 heavy (non-hydrogen) atoms. The van der Waals surface area contributed by atoms with E-state index < -0.39 is 5.56 Å². The van der Waals surface area contributed by atoms with Crippen molar-refractivity contribution in [1.82, 2.24) is 15.5 Å². The largest absolute Gasteiger partial charge is 0.352 e. The molecule has 0 radical (unpaired) electrons. The second-order valence-corrected chi connectivity index (χ2v) is 5.64. The summed E-state index contributed by atoms with van der Waals surface area (Å²) < 4.78 is 0. The van der Waals surface area contributed by atoms with Gasteiger partial charge in [0.1, 0.15) is 5.56 Å². The van der Waals surface area contributed by atoms with Crippen LogP contribution in [-0.2, 0) is 0 Å². The highest BCUT2D eigenvalue weighted by Crippen LogP contribution is 2.31. The highest BCUT2D eigenvalue weighted by atomic mass is 16.2. The van der Waals surface area contributed by atoms with E-state index in [0.29, 0.717) is 17.8 Å². The van der Waals surface area contributed by atoms with E-state index in [2.05, 4.69) is 15.5 Å². The third-order valence-corrected chi connectivity index (χ3v) is 3.86. The first-order valence-electron chi connectivity index (χ1n) is 8.24. The van der Waals surface area contributed by atoms with Gasteiger partial charge in [0.15, 0.2) is 0 Å². The van der Waals surface area contributed by atoms with Crippen LogP contribution in [-0.4, -0.2) is 22.6 Å². The van der Waals surface area contributed by atoms with Crippen LogP contribution in [0.2, 0.25) is 0 Å². The summed E-state index contributed by atoms with van der Waals surface area (Å²) in [6.07, 6.45) is 0.793. The molecule has 1 aromatic heterocycles. The molecular weight excluding hydrogens is 314 g/mol. The van der Waals surface area contributed by atoms with Crippen LogP contribution in [0.5, 0.6) is 0 Å². The maximum atomic E-state index is 12.6. The molecule has 0 bridgehead atoms. The minimum Gasteiger partial charge on any atom is -0.352 e. The zero-order chi connectivity index (χ0) is 17.6. The number of benzene rings is 2. The number of nitrogens with one attached hydrogen (secondary N) is 2. The van der Waals surface area contributed by atoms with Crippen molar-refractivity contribution >= 4 is 5.91 Å². The number of hydrogen-bond donors (Lipinski definition) is 2. The fourth-order valence-electron chi connectivity index (χ4n) is 2.68. The molecule has 0 aliphatic rings. The Hall–Kier alpha value is -3.21. The van der Waals surface area contributed by atoms with Crippen LogP contribution in [0.1, 0.15) is 23.7 Å². The van der Waals surface area contributed by atoms with Crippen molar-refractivity contribution in [3.63, 3.8) is 0 Å². The molecule has 5 nitrogen and oxygen atoms in total. The third kappa shape index (κ3) is 3.50. The van der Waals surface area contributed by atoms with E-state index in [-0.39, 0.29) is 11.5 Å². The SMILES string of the molecule is CCCNC(=O)c1c(-c2ccccc2)c(-c2ccccc2)n[nH]c1=O. The summed E-state index contributed by atoms with van der Waals surface area (Å²) in [6, 6.07) is 18.9. The third-order valence-electron chi connectivity index (χ3n) is 3.86. The quantitative estimate of drug-likeness (QED) is 0.752. The maximum absolute atomic E-state index is 12.6. The van der Waals surface area contributed by atoms with Gasteiger partial charge in [-0.3, -0.25) is 9.59 Å². The molecule has 1 heterocycles. The van der Waals surface area contributed by atoms with E-state index in [0.717, 1.165) is 17.5 Å². The van der Waals surface area contributed by atoms with E-state index in [1.807, 2.05) is 67.6 Å². The molecule has 3 aromatic rings. The number of aromatic nitrogens is 2. The number of hydrogen-bond acceptors (Lipinski definition) is 3. The number of amides is 1. The average Bonchev–Trinajstić information content (AvgIpc) is 2.67. The summed E-state index contributed by atoms with van der Waals surface area (Å²) in [7, 11) is 0. The summed E-state index contributed by atoms with van der Waals surface area (Å²) in [4.78, 5) is 25.1.